The fraction of sp³-hybridized carbons (Fsp3) is 0.250. The van der Waals surface area contributed by atoms with Gasteiger partial charge in [-0.05, 0) is 25.0 Å². The van der Waals surface area contributed by atoms with Crippen LogP contribution in [0.4, 0.5) is 0 Å². The lowest BCUT2D eigenvalue weighted by Crippen LogP contribution is -1.97. The first kappa shape index (κ1) is 8.24. The zero-order chi connectivity index (χ0) is 9.10. The van der Waals surface area contributed by atoms with Crippen LogP contribution < -0.4 is 0 Å². The van der Waals surface area contributed by atoms with Crippen molar-refractivity contribution in [3.05, 3.63) is 47.5 Å². The van der Waals surface area contributed by atoms with Gasteiger partial charge in [-0.1, -0.05) is 35.9 Å². The summed E-state index contributed by atoms with van der Waals surface area (Å²) in [7, 11) is 0. The standard InChI is InChI=1S/C12H13N/c1-10-5-7-11(8-6-10)12-4-2-3-9-13-12/h2-3,5-9,12H,4H2,1H3/t12-/m0/s1. The topological polar surface area (TPSA) is 12.4 Å². The number of hydrogen-bond acceptors (Lipinski definition) is 1. The summed E-state index contributed by atoms with van der Waals surface area (Å²) in [4.78, 5) is 4.42. The van der Waals surface area contributed by atoms with Crippen LogP contribution in [-0.2, 0) is 0 Å². The summed E-state index contributed by atoms with van der Waals surface area (Å²) in [6, 6.07) is 8.95. The van der Waals surface area contributed by atoms with Crippen LogP contribution in [0.3, 0.4) is 0 Å². The molecular formula is C12H13N. The average Bonchev–Trinajstić information content (AvgIpc) is 2.20. The number of benzene rings is 1. The number of allylic oxidation sites excluding steroid dienone is 1. The summed E-state index contributed by atoms with van der Waals surface area (Å²) in [6.07, 6.45) is 7.08. The minimum atomic E-state index is 0.339. The van der Waals surface area contributed by atoms with Crippen LogP contribution in [0.1, 0.15) is 23.6 Å². The molecule has 1 aromatic rings. The number of rotatable bonds is 1. The van der Waals surface area contributed by atoms with Gasteiger partial charge in [0.25, 0.3) is 0 Å². The Kier molecular flexibility index (Phi) is 2.26. The highest BCUT2D eigenvalue weighted by Gasteiger charge is 2.08. The molecular weight excluding hydrogens is 158 g/mol. The Balaban J connectivity index is 2.21. The number of hydrogen-bond donors (Lipinski definition) is 0. The Morgan fingerprint density at radius 1 is 1.23 bits per heavy atom. The predicted octanol–water partition coefficient (Wildman–Crippen LogP) is 3.07. The molecule has 13 heavy (non-hydrogen) atoms. The van der Waals surface area contributed by atoms with Crippen LogP contribution in [0.15, 0.2) is 41.4 Å². The van der Waals surface area contributed by atoms with Crippen molar-refractivity contribution < 1.29 is 0 Å². The van der Waals surface area contributed by atoms with Crippen molar-refractivity contribution in [3.8, 4) is 0 Å². The van der Waals surface area contributed by atoms with Crippen molar-refractivity contribution in [2.45, 2.75) is 19.4 Å². The zero-order valence-corrected chi connectivity index (χ0v) is 7.77. The molecule has 0 saturated heterocycles. The van der Waals surface area contributed by atoms with E-state index in [1.54, 1.807) is 0 Å². The summed E-state index contributed by atoms with van der Waals surface area (Å²) < 4.78 is 0. The van der Waals surface area contributed by atoms with Crippen LogP contribution in [0.5, 0.6) is 0 Å². The van der Waals surface area contributed by atoms with Crippen molar-refractivity contribution in [2.75, 3.05) is 0 Å². The summed E-state index contributed by atoms with van der Waals surface area (Å²) in [6.45, 7) is 2.10. The summed E-state index contributed by atoms with van der Waals surface area (Å²) in [5, 5.41) is 0. The summed E-state index contributed by atoms with van der Waals surface area (Å²) in [5.74, 6) is 0. The molecule has 1 heteroatoms. The molecule has 1 aliphatic rings. The molecule has 0 unspecified atom stereocenters. The third kappa shape index (κ3) is 1.86. The molecule has 0 spiro atoms. The highest BCUT2D eigenvalue weighted by molar-refractivity contribution is 5.72. The first-order valence-corrected chi connectivity index (χ1v) is 4.61. The van der Waals surface area contributed by atoms with Gasteiger partial charge in [-0.3, -0.25) is 4.99 Å². The van der Waals surface area contributed by atoms with Crippen LogP contribution in [0, 0.1) is 6.92 Å². The van der Waals surface area contributed by atoms with E-state index in [-0.39, 0.29) is 0 Å². The van der Waals surface area contributed by atoms with E-state index in [2.05, 4.69) is 42.3 Å². The third-order valence-electron chi connectivity index (χ3n) is 2.31. The highest BCUT2D eigenvalue weighted by Crippen LogP contribution is 2.23. The molecule has 66 valence electrons. The highest BCUT2D eigenvalue weighted by atomic mass is 14.8. The second kappa shape index (κ2) is 3.56. The lowest BCUT2D eigenvalue weighted by molar-refractivity contribution is 0.740. The molecule has 1 aliphatic heterocycles. The molecule has 0 aliphatic carbocycles. The van der Waals surface area contributed by atoms with Crippen molar-refractivity contribution in [1.82, 2.24) is 0 Å². The van der Waals surface area contributed by atoms with E-state index in [1.807, 2.05) is 12.3 Å². The van der Waals surface area contributed by atoms with Crippen LogP contribution in [0.2, 0.25) is 0 Å². The Morgan fingerprint density at radius 2 is 2.00 bits per heavy atom. The Bertz CT molecular complexity index is 333. The molecule has 1 aromatic carbocycles. The van der Waals surface area contributed by atoms with E-state index < -0.39 is 0 Å². The lowest BCUT2D eigenvalue weighted by atomic mass is 10.0. The van der Waals surface area contributed by atoms with E-state index in [9.17, 15) is 0 Å². The normalized spacial score (nSPS) is 20.5. The van der Waals surface area contributed by atoms with E-state index in [0.717, 1.165) is 6.42 Å². The fourth-order valence-corrected chi connectivity index (χ4v) is 1.49. The number of aryl methyl sites for hydroxylation is 1. The summed E-state index contributed by atoms with van der Waals surface area (Å²) in [5.41, 5.74) is 2.62. The van der Waals surface area contributed by atoms with Crippen molar-refractivity contribution >= 4 is 6.21 Å². The first-order chi connectivity index (χ1) is 6.36. The van der Waals surface area contributed by atoms with E-state index in [0.29, 0.717) is 6.04 Å². The minimum absolute atomic E-state index is 0.339. The maximum atomic E-state index is 4.42. The zero-order valence-electron chi connectivity index (χ0n) is 7.77. The Morgan fingerprint density at radius 3 is 2.62 bits per heavy atom. The fourth-order valence-electron chi connectivity index (χ4n) is 1.49. The van der Waals surface area contributed by atoms with Gasteiger partial charge >= 0.3 is 0 Å². The van der Waals surface area contributed by atoms with Gasteiger partial charge in [0, 0.05) is 6.21 Å². The van der Waals surface area contributed by atoms with Crippen LogP contribution in [0.25, 0.3) is 0 Å². The first-order valence-electron chi connectivity index (χ1n) is 4.61. The number of nitrogens with zero attached hydrogens (tertiary/aromatic N) is 1. The number of dihydropyridines is 1. The van der Waals surface area contributed by atoms with Gasteiger partial charge in [0.15, 0.2) is 0 Å². The maximum Gasteiger partial charge on any atom is 0.0783 e. The molecule has 0 radical (unpaired) electrons. The van der Waals surface area contributed by atoms with Gasteiger partial charge in [-0.25, -0.2) is 0 Å². The maximum absolute atomic E-state index is 4.42. The molecule has 1 atom stereocenters. The average molecular weight is 171 g/mol. The number of aliphatic imine (C=N–C) groups is 1. The summed E-state index contributed by atoms with van der Waals surface area (Å²) >= 11 is 0. The largest absolute Gasteiger partial charge is 0.285 e. The Hall–Kier alpha value is -1.37. The monoisotopic (exact) mass is 171 g/mol. The molecule has 0 bridgehead atoms. The van der Waals surface area contributed by atoms with Crippen LogP contribution in [-0.4, -0.2) is 6.21 Å². The van der Waals surface area contributed by atoms with Crippen molar-refractivity contribution in [2.24, 2.45) is 4.99 Å². The molecule has 0 fully saturated rings. The van der Waals surface area contributed by atoms with Gasteiger partial charge < -0.3 is 0 Å². The second-order valence-electron chi connectivity index (χ2n) is 3.39. The SMILES string of the molecule is Cc1ccc([C@@H]2CC=CC=N2)cc1. The molecule has 0 saturated carbocycles. The molecule has 2 rings (SSSR count). The van der Waals surface area contributed by atoms with E-state index >= 15 is 0 Å². The van der Waals surface area contributed by atoms with Crippen molar-refractivity contribution in [1.29, 1.82) is 0 Å². The van der Waals surface area contributed by atoms with Gasteiger partial charge in [0.05, 0.1) is 6.04 Å². The second-order valence-corrected chi connectivity index (χ2v) is 3.39. The van der Waals surface area contributed by atoms with Gasteiger partial charge in [0.1, 0.15) is 0 Å². The van der Waals surface area contributed by atoms with E-state index in [4.69, 9.17) is 0 Å². The molecule has 1 nitrogen and oxygen atoms in total. The molecule has 0 N–H and O–H groups in total. The smallest absolute Gasteiger partial charge is 0.0783 e. The lowest BCUT2D eigenvalue weighted by Gasteiger charge is -2.12. The minimum Gasteiger partial charge on any atom is -0.285 e. The third-order valence-corrected chi connectivity index (χ3v) is 2.31. The molecule has 0 aromatic heterocycles. The molecule has 0 amide bonds. The van der Waals surface area contributed by atoms with Gasteiger partial charge in [-0.2, -0.15) is 0 Å². The van der Waals surface area contributed by atoms with E-state index in [1.165, 1.54) is 11.1 Å². The van der Waals surface area contributed by atoms with Crippen LogP contribution >= 0.6 is 0 Å². The predicted molar refractivity (Wildman–Crippen MR) is 56.2 cm³/mol. The molecule has 1 heterocycles. The Labute approximate surface area is 78.8 Å². The quantitative estimate of drug-likeness (QED) is 0.615. The van der Waals surface area contributed by atoms with Gasteiger partial charge in [0.2, 0.25) is 0 Å². The van der Waals surface area contributed by atoms with Crippen molar-refractivity contribution in [3.63, 3.8) is 0 Å². The van der Waals surface area contributed by atoms with Gasteiger partial charge in [-0.15, -0.1) is 0 Å².